The van der Waals surface area contributed by atoms with Gasteiger partial charge in [0.05, 0.1) is 0 Å². The topological polar surface area (TPSA) is 24.9 Å². The van der Waals surface area contributed by atoms with Gasteiger partial charge < -0.3 is 5.32 Å². The van der Waals surface area contributed by atoms with Crippen LogP contribution >= 0.6 is 0 Å². The van der Waals surface area contributed by atoms with Crippen molar-refractivity contribution < 1.29 is 0 Å². The van der Waals surface area contributed by atoms with Gasteiger partial charge in [-0.2, -0.15) is 0 Å². The van der Waals surface area contributed by atoms with Crippen LogP contribution in [0.15, 0.2) is 18.3 Å². The lowest BCUT2D eigenvalue weighted by Gasteiger charge is -2.26. The molecule has 2 atom stereocenters. The molecule has 2 unspecified atom stereocenters. The van der Waals surface area contributed by atoms with Gasteiger partial charge in [-0.25, -0.2) is 4.98 Å². The van der Waals surface area contributed by atoms with Crippen LogP contribution in [-0.2, 0) is 0 Å². The summed E-state index contributed by atoms with van der Waals surface area (Å²) in [5.41, 5.74) is 1.27. The molecule has 0 radical (unpaired) electrons. The maximum atomic E-state index is 4.33. The highest BCUT2D eigenvalue weighted by atomic mass is 15.0. The average Bonchev–Trinajstić information content (AvgIpc) is 2.29. The number of anilines is 1. The zero-order valence-corrected chi connectivity index (χ0v) is 11.1. The van der Waals surface area contributed by atoms with Crippen LogP contribution in [-0.4, -0.2) is 11.5 Å². The van der Waals surface area contributed by atoms with Crippen molar-refractivity contribution in [1.29, 1.82) is 0 Å². The van der Waals surface area contributed by atoms with E-state index in [1.807, 2.05) is 12.3 Å². The molecule has 0 spiro atoms. The lowest BCUT2D eigenvalue weighted by Crippen LogP contribution is -2.16. The van der Waals surface area contributed by atoms with E-state index in [1.165, 1.54) is 37.7 Å². The minimum atomic E-state index is 0.927. The molecule has 1 aromatic heterocycles. The lowest BCUT2D eigenvalue weighted by molar-refractivity contribution is 0.274. The smallest absolute Gasteiger partial charge is 0.126 e. The Morgan fingerprint density at radius 2 is 2.29 bits per heavy atom. The molecule has 2 nitrogen and oxygen atoms in total. The largest absolute Gasteiger partial charge is 0.370 e. The van der Waals surface area contributed by atoms with Gasteiger partial charge in [0.2, 0.25) is 0 Å². The van der Waals surface area contributed by atoms with E-state index < -0.39 is 0 Å². The van der Waals surface area contributed by atoms with Crippen LogP contribution in [0, 0.1) is 18.8 Å². The molecule has 2 heteroatoms. The van der Waals surface area contributed by atoms with Gasteiger partial charge in [0.15, 0.2) is 0 Å². The quantitative estimate of drug-likeness (QED) is 0.848. The summed E-state index contributed by atoms with van der Waals surface area (Å²) in [5.74, 6) is 2.88. The van der Waals surface area contributed by atoms with Crippen LogP contribution in [0.3, 0.4) is 0 Å². The summed E-state index contributed by atoms with van der Waals surface area (Å²) in [6.45, 7) is 5.56. The molecule has 0 aromatic carbocycles. The summed E-state index contributed by atoms with van der Waals surface area (Å²) >= 11 is 0. The minimum Gasteiger partial charge on any atom is -0.370 e. The Labute approximate surface area is 105 Å². The molecular weight excluding hydrogens is 208 g/mol. The van der Waals surface area contributed by atoms with Crippen LogP contribution in [0.2, 0.25) is 0 Å². The van der Waals surface area contributed by atoms with Gasteiger partial charge in [-0.3, -0.25) is 0 Å². The van der Waals surface area contributed by atoms with E-state index in [4.69, 9.17) is 0 Å². The Kier molecular flexibility index (Phi) is 4.41. The maximum Gasteiger partial charge on any atom is 0.126 e. The predicted molar refractivity (Wildman–Crippen MR) is 73.2 cm³/mol. The summed E-state index contributed by atoms with van der Waals surface area (Å²) in [6, 6.07) is 4.15. The Hall–Kier alpha value is -1.05. The second kappa shape index (κ2) is 6.04. The van der Waals surface area contributed by atoms with Crippen molar-refractivity contribution in [1.82, 2.24) is 4.98 Å². The summed E-state index contributed by atoms with van der Waals surface area (Å²) < 4.78 is 0. The summed E-state index contributed by atoms with van der Waals surface area (Å²) in [6.07, 6.45) is 8.87. The molecule has 17 heavy (non-hydrogen) atoms. The van der Waals surface area contributed by atoms with E-state index in [0.717, 1.165) is 24.2 Å². The van der Waals surface area contributed by atoms with Gasteiger partial charge in [-0.1, -0.05) is 26.2 Å². The molecule has 1 aromatic rings. The van der Waals surface area contributed by atoms with Crippen molar-refractivity contribution in [2.24, 2.45) is 11.8 Å². The first-order valence-corrected chi connectivity index (χ1v) is 6.90. The Balaban J connectivity index is 1.72. The van der Waals surface area contributed by atoms with Crippen LogP contribution in [0.1, 0.15) is 44.6 Å². The number of aromatic nitrogens is 1. The van der Waals surface area contributed by atoms with E-state index in [9.17, 15) is 0 Å². The molecular formula is C15H24N2. The van der Waals surface area contributed by atoms with E-state index >= 15 is 0 Å². The van der Waals surface area contributed by atoms with E-state index in [2.05, 4.69) is 30.2 Å². The number of aryl methyl sites for hydroxylation is 1. The monoisotopic (exact) mass is 232 g/mol. The van der Waals surface area contributed by atoms with Crippen LogP contribution < -0.4 is 5.32 Å². The third kappa shape index (κ3) is 4.03. The summed E-state index contributed by atoms with van der Waals surface area (Å²) in [7, 11) is 0. The molecule has 0 amide bonds. The SMILES string of the molecule is Cc1ccnc(NCCC2CCCC(C)C2)c1. The van der Waals surface area contributed by atoms with Gasteiger partial charge in [0, 0.05) is 12.7 Å². The number of rotatable bonds is 4. The molecule has 2 rings (SSSR count). The molecule has 94 valence electrons. The second-order valence-corrected chi connectivity index (χ2v) is 5.57. The van der Waals surface area contributed by atoms with Gasteiger partial charge in [0.25, 0.3) is 0 Å². The highest BCUT2D eigenvalue weighted by molar-refractivity contribution is 5.36. The van der Waals surface area contributed by atoms with Crippen molar-refractivity contribution in [2.45, 2.75) is 46.0 Å². The molecule has 0 saturated heterocycles. The van der Waals surface area contributed by atoms with Gasteiger partial charge in [-0.15, -0.1) is 0 Å². The van der Waals surface area contributed by atoms with E-state index in [1.54, 1.807) is 0 Å². The molecule has 1 aliphatic carbocycles. The van der Waals surface area contributed by atoms with Crippen molar-refractivity contribution in [3.8, 4) is 0 Å². The Morgan fingerprint density at radius 3 is 3.06 bits per heavy atom. The fourth-order valence-electron chi connectivity index (χ4n) is 2.86. The number of pyridine rings is 1. The van der Waals surface area contributed by atoms with Crippen LogP contribution in [0.5, 0.6) is 0 Å². The van der Waals surface area contributed by atoms with Gasteiger partial charge in [0.1, 0.15) is 5.82 Å². The standard InChI is InChI=1S/C15H24N2/c1-12-4-3-5-14(10-12)7-9-17-15-11-13(2)6-8-16-15/h6,8,11-12,14H,3-5,7,9-10H2,1-2H3,(H,16,17). The third-order valence-corrected chi connectivity index (χ3v) is 3.82. The number of nitrogens with one attached hydrogen (secondary N) is 1. The average molecular weight is 232 g/mol. The number of hydrogen-bond acceptors (Lipinski definition) is 2. The zero-order valence-electron chi connectivity index (χ0n) is 11.1. The van der Waals surface area contributed by atoms with Crippen LogP contribution in [0.4, 0.5) is 5.82 Å². The molecule has 0 aliphatic heterocycles. The minimum absolute atomic E-state index is 0.927. The molecule has 1 aliphatic rings. The molecule has 0 bridgehead atoms. The Morgan fingerprint density at radius 1 is 1.41 bits per heavy atom. The first kappa shape index (κ1) is 12.4. The Bertz CT molecular complexity index is 349. The normalized spacial score (nSPS) is 24.6. The van der Waals surface area contributed by atoms with E-state index in [-0.39, 0.29) is 0 Å². The highest BCUT2D eigenvalue weighted by Crippen LogP contribution is 2.30. The molecule has 1 fully saturated rings. The summed E-state index contributed by atoms with van der Waals surface area (Å²) in [4.78, 5) is 4.33. The van der Waals surface area contributed by atoms with Crippen molar-refractivity contribution in [2.75, 3.05) is 11.9 Å². The molecule has 1 N–H and O–H groups in total. The fraction of sp³-hybridized carbons (Fsp3) is 0.667. The maximum absolute atomic E-state index is 4.33. The van der Waals surface area contributed by atoms with Crippen molar-refractivity contribution in [3.63, 3.8) is 0 Å². The van der Waals surface area contributed by atoms with Crippen molar-refractivity contribution in [3.05, 3.63) is 23.9 Å². The first-order valence-electron chi connectivity index (χ1n) is 6.90. The lowest BCUT2D eigenvalue weighted by atomic mass is 9.81. The zero-order chi connectivity index (χ0) is 12.1. The fourth-order valence-corrected chi connectivity index (χ4v) is 2.86. The number of nitrogens with zero attached hydrogens (tertiary/aromatic N) is 1. The predicted octanol–water partition coefficient (Wildman–Crippen LogP) is 4.02. The van der Waals surface area contributed by atoms with E-state index in [0.29, 0.717) is 0 Å². The summed E-state index contributed by atoms with van der Waals surface area (Å²) in [5, 5.41) is 3.44. The highest BCUT2D eigenvalue weighted by Gasteiger charge is 2.18. The van der Waals surface area contributed by atoms with Gasteiger partial charge in [-0.05, 0) is 49.3 Å². The third-order valence-electron chi connectivity index (χ3n) is 3.82. The number of hydrogen-bond donors (Lipinski definition) is 1. The molecule has 1 saturated carbocycles. The van der Waals surface area contributed by atoms with Gasteiger partial charge >= 0.3 is 0 Å². The van der Waals surface area contributed by atoms with Crippen molar-refractivity contribution >= 4 is 5.82 Å². The first-order chi connectivity index (χ1) is 8.24. The molecule has 1 heterocycles. The second-order valence-electron chi connectivity index (χ2n) is 5.57. The van der Waals surface area contributed by atoms with Crippen LogP contribution in [0.25, 0.3) is 0 Å².